The van der Waals surface area contributed by atoms with Crippen LogP contribution in [0, 0.1) is 6.92 Å². The van der Waals surface area contributed by atoms with Gasteiger partial charge in [-0.15, -0.1) is 0 Å². The van der Waals surface area contributed by atoms with Gasteiger partial charge < -0.3 is 10.2 Å². The molecule has 0 aliphatic carbocycles. The van der Waals surface area contributed by atoms with Gasteiger partial charge in [-0.25, -0.2) is 4.79 Å². The summed E-state index contributed by atoms with van der Waals surface area (Å²) in [5.41, 5.74) is 2.16. The minimum Gasteiger partial charge on any atom is -0.354 e. The van der Waals surface area contributed by atoms with Crippen molar-refractivity contribution in [3.63, 3.8) is 0 Å². The predicted molar refractivity (Wildman–Crippen MR) is 86.9 cm³/mol. The summed E-state index contributed by atoms with van der Waals surface area (Å²) in [4.78, 5) is 36.1. The molecule has 0 atom stereocenters. The van der Waals surface area contributed by atoms with Crippen molar-refractivity contribution in [3.8, 4) is 0 Å². The zero-order valence-electron chi connectivity index (χ0n) is 13.8. The van der Waals surface area contributed by atoms with Gasteiger partial charge in [-0.1, -0.05) is 38.1 Å². The monoisotopic (exact) mass is 317 g/mol. The van der Waals surface area contributed by atoms with Crippen LogP contribution in [0.1, 0.15) is 31.4 Å². The second-order valence-corrected chi connectivity index (χ2v) is 6.50. The van der Waals surface area contributed by atoms with Crippen molar-refractivity contribution in [1.29, 1.82) is 0 Å². The second kappa shape index (κ2) is 6.81. The van der Waals surface area contributed by atoms with Crippen molar-refractivity contribution in [2.45, 2.75) is 32.6 Å². The predicted octanol–water partition coefficient (Wildman–Crippen LogP) is 1.33. The van der Waals surface area contributed by atoms with Gasteiger partial charge in [0, 0.05) is 24.9 Å². The van der Waals surface area contributed by atoms with E-state index in [9.17, 15) is 14.4 Å². The second-order valence-electron chi connectivity index (χ2n) is 6.50. The summed E-state index contributed by atoms with van der Waals surface area (Å²) in [5.74, 6) is -0.525. The fraction of sp³-hybridized carbons (Fsp3) is 0.471. The van der Waals surface area contributed by atoms with E-state index in [-0.39, 0.29) is 36.7 Å². The summed E-state index contributed by atoms with van der Waals surface area (Å²) < 4.78 is 0. The number of carbonyl (C=O) groups excluding carboxylic acids is 3. The van der Waals surface area contributed by atoms with Gasteiger partial charge in [-0.3, -0.25) is 14.9 Å². The first-order chi connectivity index (χ1) is 10.8. The van der Waals surface area contributed by atoms with E-state index in [1.807, 2.05) is 25.1 Å². The van der Waals surface area contributed by atoms with Gasteiger partial charge in [0.05, 0.1) is 0 Å². The quantitative estimate of drug-likeness (QED) is 0.860. The summed E-state index contributed by atoms with van der Waals surface area (Å²) in [6.45, 7) is 6.91. The van der Waals surface area contributed by atoms with Crippen molar-refractivity contribution in [2.75, 3.05) is 19.6 Å². The van der Waals surface area contributed by atoms with E-state index >= 15 is 0 Å². The van der Waals surface area contributed by atoms with Crippen molar-refractivity contribution < 1.29 is 14.4 Å². The fourth-order valence-corrected chi connectivity index (χ4v) is 2.73. The van der Waals surface area contributed by atoms with Crippen LogP contribution >= 0.6 is 0 Å². The third kappa shape index (κ3) is 4.31. The standard InChI is InChI=1S/C17H23N3O3/c1-12-6-4-5-7-13(12)17(2,3)11-18-15(22)10-20-9-8-14(21)19-16(20)23/h4-7H,8-11H2,1-3H3,(H,18,22)(H,19,21,23). The molecule has 0 radical (unpaired) electrons. The van der Waals surface area contributed by atoms with Gasteiger partial charge in [0.25, 0.3) is 0 Å². The molecule has 0 aromatic heterocycles. The Labute approximate surface area is 136 Å². The molecule has 0 saturated carbocycles. The number of amides is 4. The molecule has 0 spiro atoms. The van der Waals surface area contributed by atoms with Crippen LogP contribution in [0.25, 0.3) is 0 Å². The van der Waals surface area contributed by atoms with E-state index in [4.69, 9.17) is 0 Å². The van der Waals surface area contributed by atoms with Crippen LogP contribution in [-0.2, 0) is 15.0 Å². The lowest BCUT2D eigenvalue weighted by atomic mass is 9.82. The molecule has 6 heteroatoms. The summed E-state index contributed by atoms with van der Waals surface area (Å²) in [5, 5.41) is 5.09. The van der Waals surface area contributed by atoms with Gasteiger partial charge in [0.1, 0.15) is 6.54 Å². The van der Waals surface area contributed by atoms with E-state index in [0.717, 1.165) is 0 Å². The Morgan fingerprint density at radius 3 is 2.65 bits per heavy atom. The molecule has 6 nitrogen and oxygen atoms in total. The first-order valence-corrected chi connectivity index (χ1v) is 7.71. The highest BCUT2D eigenvalue weighted by molar-refractivity contribution is 5.98. The Hall–Kier alpha value is -2.37. The van der Waals surface area contributed by atoms with Gasteiger partial charge in [0.15, 0.2) is 0 Å². The van der Waals surface area contributed by atoms with Gasteiger partial charge in [-0.2, -0.15) is 0 Å². The third-order valence-corrected chi connectivity index (χ3v) is 4.08. The number of urea groups is 1. The Morgan fingerprint density at radius 1 is 1.30 bits per heavy atom. The van der Waals surface area contributed by atoms with Crippen LogP contribution in [0.15, 0.2) is 24.3 Å². The topological polar surface area (TPSA) is 78.5 Å². The molecule has 1 aliphatic rings. The van der Waals surface area contributed by atoms with Gasteiger partial charge in [-0.05, 0) is 18.1 Å². The minimum absolute atomic E-state index is 0.0387. The van der Waals surface area contributed by atoms with Crippen molar-refractivity contribution in [3.05, 3.63) is 35.4 Å². The molecule has 1 aromatic carbocycles. The maximum Gasteiger partial charge on any atom is 0.324 e. The number of imide groups is 1. The number of aryl methyl sites for hydroxylation is 1. The highest BCUT2D eigenvalue weighted by atomic mass is 16.2. The highest BCUT2D eigenvalue weighted by Gasteiger charge is 2.26. The summed E-state index contributed by atoms with van der Waals surface area (Å²) in [7, 11) is 0. The van der Waals surface area contributed by atoms with Crippen molar-refractivity contribution in [2.24, 2.45) is 0 Å². The summed E-state index contributed by atoms with van der Waals surface area (Å²) in [6.07, 6.45) is 0.230. The molecule has 2 rings (SSSR count). The van der Waals surface area contributed by atoms with E-state index in [1.54, 1.807) is 0 Å². The Balaban J connectivity index is 1.90. The van der Waals surface area contributed by atoms with Crippen LogP contribution in [0.2, 0.25) is 0 Å². The number of hydrogen-bond donors (Lipinski definition) is 2. The largest absolute Gasteiger partial charge is 0.354 e. The normalized spacial score (nSPS) is 15.3. The fourth-order valence-electron chi connectivity index (χ4n) is 2.73. The van der Waals surface area contributed by atoms with Gasteiger partial charge >= 0.3 is 6.03 Å². The van der Waals surface area contributed by atoms with Crippen LogP contribution in [0.4, 0.5) is 4.79 Å². The van der Waals surface area contributed by atoms with E-state index in [2.05, 4.69) is 30.5 Å². The smallest absolute Gasteiger partial charge is 0.324 e. The highest BCUT2D eigenvalue weighted by Crippen LogP contribution is 2.25. The molecular weight excluding hydrogens is 294 g/mol. The average molecular weight is 317 g/mol. The number of carbonyl (C=O) groups is 3. The molecule has 23 heavy (non-hydrogen) atoms. The molecule has 1 fully saturated rings. The lowest BCUT2D eigenvalue weighted by Crippen LogP contribution is -2.53. The van der Waals surface area contributed by atoms with Crippen LogP contribution < -0.4 is 10.6 Å². The molecule has 1 aromatic rings. The molecule has 0 bridgehead atoms. The van der Waals surface area contributed by atoms with Crippen LogP contribution in [0.5, 0.6) is 0 Å². The maximum absolute atomic E-state index is 12.1. The zero-order chi connectivity index (χ0) is 17.0. The molecule has 4 amide bonds. The summed E-state index contributed by atoms with van der Waals surface area (Å²) >= 11 is 0. The lowest BCUT2D eigenvalue weighted by molar-refractivity contribution is -0.125. The molecule has 1 heterocycles. The number of nitrogens with one attached hydrogen (secondary N) is 2. The molecule has 124 valence electrons. The minimum atomic E-state index is -0.505. The first kappa shape index (κ1) is 17.0. The Bertz CT molecular complexity index is 625. The van der Waals surface area contributed by atoms with Crippen LogP contribution in [0.3, 0.4) is 0 Å². The molecule has 1 saturated heterocycles. The molecular formula is C17H23N3O3. The average Bonchev–Trinajstić information content (AvgIpc) is 2.48. The number of nitrogens with zero attached hydrogens (tertiary/aromatic N) is 1. The molecule has 2 N–H and O–H groups in total. The van der Waals surface area contributed by atoms with E-state index in [1.165, 1.54) is 16.0 Å². The SMILES string of the molecule is Cc1ccccc1C(C)(C)CNC(=O)CN1CCC(=O)NC1=O. The number of hydrogen-bond acceptors (Lipinski definition) is 3. The summed E-state index contributed by atoms with van der Waals surface area (Å²) in [6, 6.07) is 7.58. The van der Waals surface area contributed by atoms with Gasteiger partial charge in [0.2, 0.25) is 11.8 Å². The van der Waals surface area contributed by atoms with Crippen molar-refractivity contribution in [1.82, 2.24) is 15.5 Å². The lowest BCUT2D eigenvalue weighted by Gasteiger charge is -2.29. The zero-order valence-corrected chi connectivity index (χ0v) is 13.8. The molecule has 0 unspecified atom stereocenters. The first-order valence-electron chi connectivity index (χ1n) is 7.71. The maximum atomic E-state index is 12.1. The Morgan fingerprint density at radius 2 is 2.00 bits per heavy atom. The third-order valence-electron chi connectivity index (χ3n) is 4.08. The van der Waals surface area contributed by atoms with E-state index in [0.29, 0.717) is 6.54 Å². The van der Waals surface area contributed by atoms with Crippen LogP contribution in [-0.4, -0.2) is 42.4 Å². The number of benzene rings is 1. The molecule has 1 aliphatic heterocycles. The van der Waals surface area contributed by atoms with E-state index < -0.39 is 6.03 Å². The van der Waals surface area contributed by atoms with Crippen molar-refractivity contribution >= 4 is 17.8 Å². The number of rotatable bonds is 5. The Kier molecular flexibility index (Phi) is 5.03.